The average molecular weight is 334 g/mol. The van der Waals surface area contributed by atoms with Gasteiger partial charge in [-0.05, 0) is 18.6 Å². The van der Waals surface area contributed by atoms with Gasteiger partial charge >= 0.3 is 0 Å². The molecule has 0 aliphatic heterocycles. The molecular formula is C14H12ClN5O3. The van der Waals surface area contributed by atoms with Crippen molar-refractivity contribution in [3.05, 3.63) is 57.7 Å². The van der Waals surface area contributed by atoms with Crippen LogP contribution < -0.4 is 0 Å². The third kappa shape index (κ3) is 3.07. The molecule has 0 N–H and O–H groups in total. The first-order chi connectivity index (χ1) is 11.1. The van der Waals surface area contributed by atoms with Crippen LogP contribution in [0.2, 0.25) is 5.02 Å². The summed E-state index contributed by atoms with van der Waals surface area (Å²) in [6.07, 6.45) is 3.92. The van der Waals surface area contributed by atoms with Crippen molar-refractivity contribution in [3.8, 4) is 11.4 Å². The van der Waals surface area contributed by atoms with Crippen molar-refractivity contribution in [3.63, 3.8) is 0 Å². The van der Waals surface area contributed by atoms with Crippen molar-refractivity contribution in [2.45, 2.75) is 19.4 Å². The number of nitro benzene ring substituents is 1. The van der Waals surface area contributed by atoms with Gasteiger partial charge in [0.2, 0.25) is 5.82 Å². The predicted molar refractivity (Wildman–Crippen MR) is 82.1 cm³/mol. The molecule has 0 saturated carbocycles. The molecule has 2 aromatic heterocycles. The molecule has 0 bridgehead atoms. The fraction of sp³-hybridized carbons (Fsp3) is 0.214. The van der Waals surface area contributed by atoms with Crippen molar-refractivity contribution in [1.29, 1.82) is 0 Å². The second-order valence-corrected chi connectivity index (χ2v) is 5.26. The fourth-order valence-corrected chi connectivity index (χ4v) is 2.32. The van der Waals surface area contributed by atoms with E-state index in [4.69, 9.17) is 16.1 Å². The van der Waals surface area contributed by atoms with Crippen LogP contribution in [0.25, 0.3) is 11.4 Å². The third-order valence-corrected chi connectivity index (χ3v) is 3.53. The first-order valence-electron chi connectivity index (χ1n) is 6.86. The number of hydrogen-bond acceptors (Lipinski definition) is 6. The largest absolute Gasteiger partial charge is 0.337 e. The molecular weight excluding hydrogens is 322 g/mol. The molecule has 8 nitrogen and oxygen atoms in total. The van der Waals surface area contributed by atoms with Crippen LogP contribution >= 0.6 is 11.6 Å². The summed E-state index contributed by atoms with van der Waals surface area (Å²) in [5, 5.41) is 19.3. The first kappa shape index (κ1) is 15.2. The van der Waals surface area contributed by atoms with Gasteiger partial charge in [-0.3, -0.25) is 14.8 Å². The summed E-state index contributed by atoms with van der Waals surface area (Å²) in [5.74, 6) is 0.771. The molecule has 1 unspecified atom stereocenters. The zero-order valence-electron chi connectivity index (χ0n) is 12.1. The molecule has 3 aromatic rings. The Hall–Kier alpha value is -2.74. The van der Waals surface area contributed by atoms with Gasteiger partial charge in [0.1, 0.15) is 6.04 Å². The highest BCUT2D eigenvalue weighted by Crippen LogP contribution is 2.25. The van der Waals surface area contributed by atoms with Crippen molar-refractivity contribution < 1.29 is 9.45 Å². The Morgan fingerprint density at radius 2 is 2.13 bits per heavy atom. The predicted octanol–water partition coefficient (Wildman–Crippen LogP) is 3.49. The lowest BCUT2D eigenvalue weighted by Crippen LogP contribution is -2.10. The van der Waals surface area contributed by atoms with E-state index in [9.17, 15) is 10.1 Å². The van der Waals surface area contributed by atoms with Crippen LogP contribution in [-0.2, 0) is 0 Å². The number of rotatable bonds is 5. The molecule has 9 heteroatoms. The van der Waals surface area contributed by atoms with Crippen LogP contribution in [-0.4, -0.2) is 24.8 Å². The highest BCUT2D eigenvalue weighted by molar-refractivity contribution is 6.30. The Labute approximate surface area is 135 Å². The molecule has 0 amide bonds. The van der Waals surface area contributed by atoms with Crippen molar-refractivity contribution in [2.75, 3.05) is 0 Å². The van der Waals surface area contributed by atoms with Crippen LogP contribution in [0.15, 0.2) is 41.2 Å². The molecule has 0 aliphatic rings. The van der Waals surface area contributed by atoms with Crippen LogP contribution in [0.5, 0.6) is 0 Å². The van der Waals surface area contributed by atoms with Crippen LogP contribution in [0, 0.1) is 10.1 Å². The zero-order valence-corrected chi connectivity index (χ0v) is 12.8. The van der Waals surface area contributed by atoms with Gasteiger partial charge in [-0.25, -0.2) is 0 Å². The van der Waals surface area contributed by atoms with E-state index in [1.165, 1.54) is 18.3 Å². The Morgan fingerprint density at radius 1 is 1.39 bits per heavy atom. The van der Waals surface area contributed by atoms with Gasteiger partial charge in [0.05, 0.1) is 16.1 Å². The van der Waals surface area contributed by atoms with Crippen molar-refractivity contribution >= 4 is 17.3 Å². The maximum atomic E-state index is 10.7. The smallest absolute Gasteiger partial charge is 0.269 e. The SMILES string of the molecule is CCC(c1nc(-c2ccc([N+](=O)[O-])cc2)no1)n1cc(Cl)cn1. The van der Waals surface area contributed by atoms with Gasteiger partial charge < -0.3 is 4.52 Å². The number of nitro groups is 1. The van der Waals surface area contributed by atoms with Crippen LogP contribution in [0.1, 0.15) is 25.3 Å². The second-order valence-electron chi connectivity index (χ2n) is 4.82. The van der Waals surface area contributed by atoms with Gasteiger partial charge in [-0.2, -0.15) is 10.1 Å². The molecule has 3 rings (SSSR count). The molecule has 118 valence electrons. The molecule has 1 aromatic carbocycles. The van der Waals surface area contributed by atoms with E-state index in [0.29, 0.717) is 28.7 Å². The highest BCUT2D eigenvalue weighted by Gasteiger charge is 2.21. The molecule has 2 heterocycles. The van der Waals surface area contributed by atoms with E-state index >= 15 is 0 Å². The Balaban J connectivity index is 1.88. The lowest BCUT2D eigenvalue weighted by Gasteiger charge is -2.09. The second kappa shape index (κ2) is 6.17. The quantitative estimate of drug-likeness (QED) is 0.523. The Kier molecular flexibility index (Phi) is 4.07. The minimum atomic E-state index is -0.458. The standard InChI is InChI=1S/C14H12ClN5O3/c1-2-12(19-8-10(15)7-16-19)14-17-13(18-23-14)9-3-5-11(6-4-9)20(21)22/h3-8,12H,2H2,1H3. The lowest BCUT2D eigenvalue weighted by atomic mass is 10.2. The van der Waals surface area contributed by atoms with E-state index < -0.39 is 4.92 Å². The third-order valence-electron chi connectivity index (χ3n) is 3.34. The maximum Gasteiger partial charge on any atom is 0.269 e. The number of halogens is 1. The minimum absolute atomic E-state index is 0.00934. The monoisotopic (exact) mass is 333 g/mol. The van der Waals surface area contributed by atoms with Crippen molar-refractivity contribution in [1.82, 2.24) is 19.9 Å². The summed E-state index contributed by atoms with van der Waals surface area (Å²) < 4.78 is 6.98. The number of non-ortho nitro benzene ring substituents is 1. The van der Waals surface area contributed by atoms with Gasteiger partial charge in [-0.15, -0.1) is 0 Å². The minimum Gasteiger partial charge on any atom is -0.337 e. The highest BCUT2D eigenvalue weighted by atomic mass is 35.5. The Morgan fingerprint density at radius 3 is 2.70 bits per heavy atom. The lowest BCUT2D eigenvalue weighted by molar-refractivity contribution is -0.384. The molecule has 0 aliphatic carbocycles. The van der Waals surface area contributed by atoms with E-state index in [1.54, 1.807) is 23.0 Å². The maximum absolute atomic E-state index is 10.7. The van der Waals surface area contributed by atoms with E-state index in [-0.39, 0.29) is 11.7 Å². The van der Waals surface area contributed by atoms with Gasteiger partial charge in [0.15, 0.2) is 0 Å². The topological polar surface area (TPSA) is 99.9 Å². The zero-order chi connectivity index (χ0) is 16.4. The fourth-order valence-electron chi connectivity index (χ4n) is 2.18. The number of nitrogens with zero attached hydrogens (tertiary/aromatic N) is 5. The molecule has 1 atom stereocenters. The van der Waals surface area contributed by atoms with E-state index in [2.05, 4.69) is 15.2 Å². The summed E-state index contributed by atoms with van der Waals surface area (Å²) in [6.45, 7) is 1.97. The summed E-state index contributed by atoms with van der Waals surface area (Å²) in [6, 6.07) is 5.74. The van der Waals surface area contributed by atoms with E-state index in [0.717, 1.165) is 0 Å². The summed E-state index contributed by atoms with van der Waals surface area (Å²) in [7, 11) is 0. The van der Waals surface area contributed by atoms with Crippen molar-refractivity contribution in [2.24, 2.45) is 0 Å². The summed E-state index contributed by atoms with van der Waals surface area (Å²) in [4.78, 5) is 14.6. The van der Waals surface area contributed by atoms with Gasteiger partial charge in [0.25, 0.3) is 11.6 Å². The molecule has 0 radical (unpaired) electrons. The van der Waals surface area contributed by atoms with Gasteiger partial charge in [0, 0.05) is 23.9 Å². The Bertz CT molecular complexity index is 827. The number of hydrogen-bond donors (Lipinski definition) is 0. The average Bonchev–Trinajstić information content (AvgIpc) is 3.18. The van der Waals surface area contributed by atoms with Gasteiger partial charge in [-0.1, -0.05) is 23.7 Å². The summed E-state index contributed by atoms with van der Waals surface area (Å²) >= 11 is 5.89. The number of aromatic nitrogens is 4. The van der Waals surface area contributed by atoms with E-state index in [1.807, 2.05) is 6.92 Å². The van der Waals surface area contributed by atoms with Crippen LogP contribution in [0.3, 0.4) is 0 Å². The molecule has 0 saturated heterocycles. The van der Waals surface area contributed by atoms with Crippen LogP contribution in [0.4, 0.5) is 5.69 Å². The summed E-state index contributed by atoms with van der Waals surface area (Å²) in [5.41, 5.74) is 0.647. The molecule has 0 fully saturated rings. The first-order valence-corrected chi connectivity index (χ1v) is 7.24. The normalized spacial score (nSPS) is 12.3. The molecule has 23 heavy (non-hydrogen) atoms. The number of benzene rings is 1. The molecule has 0 spiro atoms.